The van der Waals surface area contributed by atoms with Gasteiger partial charge in [-0.3, -0.25) is 0 Å². The van der Waals surface area contributed by atoms with Gasteiger partial charge in [0.1, 0.15) is 0 Å². The van der Waals surface area contributed by atoms with Crippen LogP contribution in [-0.2, 0) is 0 Å². The molecule has 82 valence electrons. The summed E-state index contributed by atoms with van der Waals surface area (Å²) in [6.07, 6.45) is 2.43. The van der Waals surface area contributed by atoms with E-state index < -0.39 is 0 Å². The van der Waals surface area contributed by atoms with Crippen LogP contribution in [0.25, 0.3) is 0 Å². The average molecular weight is 245 g/mol. The van der Waals surface area contributed by atoms with Gasteiger partial charge in [0.05, 0.1) is 21.4 Å². The highest BCUT2D eigenvalue weighted by Crippen LogP contribution is 2.39. The van der Waals surface area contributed by atoms with Crippen LogP contribution in [-0.4, -0.2) is 6.04 Å². The van der Waals surface area contributed by atoms with Crippen molar-refractivity contribution in [3.63, 3.8) is 0 Å². The molecule has 2 unspecified atom stereocenters. The Kier molecular flexibility index (Phi) is 2.98. The summed E-state index contributed by atoms with van der Waals surface area (Å²) in [7, 11) is 0. The summed E-state index contributed by atoms with van der Waals surface area (Å²) in [5.41, 5.74) is 7.40. The van der Waals surface area contributed by atoms with E-state index in [1.54, 1.807) is 12.1 Å². The van der Waals surface area contributed by atoms with Gasteiger partial charge < -0.3 is 11.1 Å². The number of nitrogen functional groups attached to an aromatic ring is 1. The fourth-order valence-electron chi connectivity index (χ4n) is 1.76. The lowest BCUT2D eigenvalue weighted by molar-refractivity contribution is 0.775. The van der Waals surface area contributed by atoms with Crippen LogP contribution in [0.3, 0.4) is 0 Å². The molecule has 0 saturated heterocycles. The zero-order valence-electron chi connectivity index (χ0n) is 8.56. The Morgan fingerprint density at radius 2 is 2.07 bits per heavy atom. The van der Waals surface area contributed by atoms with Crippen molar-refractivity contribution in [2.24, 2.45) is 5.92 Å². The van der Waals surface area contributed by atoms with Gasteiger partial charge in [0.25, 0.3) is 0 Å². The quantitative estimate of drug-likeness (QED) is 0.795. The standard InChI is InChI=1S/C11H14Cl2N2/c1-2-6-3-10(6)15-11-5-8(13)7(12)4-9(11)14/h4-6,10,15H,2-3,14H2,1H3. The Bertz CT molecular complexity index is 379. The first kappa shape index (κ1) is 10.9. The lowest BCUT2D eigenvalue weighted by Gasteiger charge is -2.10. The molecule has 4 heteroatoms. The predicted octanol–water partition coefficient (Wildman–Crippen LogP) is 3.79. The van der Waals surface area contributed by atoms with Crippen LogP contribution in [0.15, 0.2) is 12.1 Å². The second kappa shape index (κ2) is 4.11. The molecule has 2 atom stereocenters. The molecule has 0 aliphatic heterocycles. The molecule has 1 aromatic rings. The molecule has 2 nitrogen and oxygen atoms in total. The van der Waals surface area contributed by atoms with Gasteiger partial charge in [0.2, 0.25) is 0 Å². The molecule has 3 N–H and O–H groups in total. The summed E-state index contributed by atoms with van der Waals surface area (Å²) in [6, 6.07) is 4.04. The monoisotopic (exact) mass is 244 g/mol. The van der Waals surface area contributed by atoms with Gasteiger partial charge >= 0.3 is 0 Å². The Hall–Kier alpha value is -0.600. The minimum atomic E-state index is 0.502. The molecule has 1 saturated carbocycles. The third-order valence-corrected chi connectivity index (χ3v) is 3.60. The summed E-state index contributed by atoms with van der Waals surface area (Å²) >= 11 is 11.8. The average Bonchev–Trinajstić information content (AvgIpc) is 2.93. The largest absolute Gasteiger partial charge is 0.397 e. The van der Waals surface area contributed by atoms with Crippen molar-refractivity contribution in [1.29, 1.82) is 0 Å². The number of anilines is 2. The van der Waals surface area contributed by atoms with E-state index in [9.17, 15) is 0 Å². The Morgan fingerprint density at radius 1 is 1.40 bits per heavy atom. The zero-order valence-corrected chi connectivity index (χ0v) is 10.1. The number of hydrogen-bond donors (Lipinski definition) is 2. The molecule has 1 aliphatic carbocycles. The summed E-state index contributed by atoms with van der Waals surface area (Å²) in [6.45, 7) is 2.20. The van der Waals surface area contributed by atoms with Crippen molar-refractivity contribution >= 4 is 34.6 Å². The lowest BCUT2D eigenvalue weighted by Crippen LogP contribution is -2.06. The lowest BCUT2D eigenvalue weighted by atomic mass is 10.2. The van der Waals surface area contributed by atoms with Gasteiger partial charge in [-0.15, -0.1) is 0 Å². The Labute approximate surface area is 99.7 Å². The SMILES string of the molecule is CCC1CC1Nc1cc(Cl)c(Cl)cc1N. The van der Waals surface area contributed by atoms with Gasteiger partial charge in [0, 0.05) is 6.04 Å². The highest BCUT2D eigenvalue weighted by atomic mass is 35.5. The van der Waals surface area contributed by atoms with E-state index in [1.165, 1.54) is 12.8 Å². The highest BCUT2D eigenvalue weighted by Gasteiger charge is 2.35. The maximum atomic E-state index is 5.93. The third-order valence-electron chi connectivity index (χ3n) is 2.88. The van der Waals surface area contributed by atoms with E-state index in [1.807, 2.05) is 0 Å². The second-order valence-corrected chi connectivity index (χ2v) is 4.82. The van der Waals surface area contributed by atoms with Crippen LogP contribution in [0, 0.1) is 5.92 Å². The van der Waals surface area contributed by atoms with Crippen LogP contribution in [0.4, 0.5) is 11.4 Å². The number of benzene rings is 1. The summed E-state index contributed by atoms with van der Waals surface area (Å²) in [5.74, 6) is 0.777. The molecule has 2 rings (SSSR count). The van der Waals surface area contributed by atoms with Crippen LogP contribution >= 0.6 is 23.2 Å². The number of nitrogens with one attached hydrogen (secondary N) is 1. The number of halogens is 2. The fraction of sp³-hybridized carbons (Fsp3) is 0.455. The molecule has 1 aromatic carbocycles. The van der Waals surface area contributed by atoms with Crippen molar-refractivity contribution in [3.05, 3.63) is 22.2 Å². The van der Waals surface area contributed by atoms with E-state index in [4.69, 9.17) is 28.9 Å². The minimum Gasteiger partial charge on any atom is -0.397 e. The van der Waals surface area contributed by atoms with Gasteiger partial charge in [0.15, 0.2) is 0 Å². The van der Waals surface area contributed by atoms with E-state index in [-0.39, 0.29) is 0 Å². The first-order valence-corrected chi connectivity index (χ1v) is 5.88. The van der Waals surface area contributed by atoms with Crippen molar-refractivity contribution < 1.29 is 0 Å². The van der Waals surface area contributed by atoms with E-state index in [0.29, 0.717) is 21.8 Å². The van der Waals surface area contributed by atoms with Crippen LogP contribution in [0.2, 0.25) is 10.0 Å². The first-order valence-electron chi connectivity index (χ1n) is 5.13. The molecular weight excluding hydrogens is 231 g/mol. The smallest absolute Gasteiger partial charge is 0.0614 e. The van der Waals surface area contributed by atoms with Crippen molar-refractivity contribution in [1.82, 2.24) is 0 Å². The summed E-state index contributed by atoms with van der Waals surface area (Å²) < 4.78 is 0. The van der Waals surface area contributed by atoms with E-state index in [2.05, 4.69) is 12.2 Å². The van der Waals surface area contributed by atoms with Gasteiger partial charge in [-0.25, -0.2) is 0 Å². The topological polar surface area (TPSA) is 38.0 Å². The van der Waals surface area contributed by atoms with E-state index >= 15 is 0 Å². The number of rotatable bonds is 3. The Balaban J connectivity index is 2.12. The molecule has 0 aromatic heterocycles. The zero-order chi connectivity index (χ0) is 11.0. The number of hydrogen-bond acceptors (Lipinski definition) is 2. The van der Waals surface area contributed by atoms with Crippen molar-refractivity contribution in [2.75, 3.05) is 11.1 Å². The molecule has 1 aliphatic rings. The van der Waals surface area contributed by atoms with Crippen LogP contribution < -0.4 is 11.1 Å². The van der Waals surface area contributed by atoms with Gasteiger partial charge in [-0.05, 0) is 24.5 Å². The van der Waals surface area contributed by atoms with E-state index in [0.717, 1.165) is 11.6 Å². The highest BCUT2D eigenvalue weighted by molar-refractivity contribution is 6.42. The normalized spacial score (nSPS) is 23.9. The molecule has 0 amide bonds. The fourth-order valence-corrected chi connectivity index (χ4v) is 2.10. The molecule has 0 bridgehead atoms. The van der Waals surface area contributed by atoms with Gasteiger partial charge in [-0.1, -0.05) is 36.5 Å². The summed E-state index contributed by atoms with van der Waals surface area (Å²) in [4.78, 5) is 0. The molecule has 1 fully saturated rings. The molecule has 0 heterocycles. The molecular formula is C11H14Cl2N2. The molecule has 0 radical (unpaired) electrons. The molecule has 15 heavy (non-hydrogen) atoms. The maximum Gasteiger partial charge on any atom is 0.0614 e. The van der Waals surface area contributed by atoms with Crippen LogP contribution in [0.1, 0.15) is 19.8 Å². The minimum absolute atomic E-state index is 0.502. The number of nitrogens with two attached hydrogens (primary N) is 1. The predicted molar refractivity (Wildman–Crippen MR) is 66.7 cm³/mol. The van der Waals surface area contributed by atoms with Gasteiger partial charge in [-0.2, -0.15) is 0 Å². The third kappa shape index (κ3) is 2.32. The first-order chi connectivity index (χ1) is 7.11. The van der Waals surface area contributed by atoms with Crippen molar-refractivity contribution in [3.8, 4) is 0 Å². The summed E-state index contributed by atoms with van der Waals surface area (Å²) in [5, 5.41) is 4.43. The maximum absolute atomic E-state index is 5.93. The second-order valence-electron chi connectivity index (χ2n) is 4.01. The van der Waals surface area contributed by atoms with Crippen molar-refractivity contribution in [2.45, 2.75) is 25.8 Å². The van der Waals surface area contributed by atoms with Crippen LogP contribution in [0.5, 0.6) is 0 Å². The Morgan fingerprint density at radius 3 is 2.67 bits per heavy atom. The molecule has 0 spiro atoms.